The number of nitrogens with zero attached hydrogens (tertiary/aromatic N) is 3. The van der Waals surface area contributed by atoms with Gasteiger partial charge in [-0.1, -0.05) is 0 Å². The number of hydrogen-bond donors (Lipinski definition) is 0. The molecule has 0 N–H and O–H groups in total. The zero-order valence-corrected chi connectivity index (χ0v) is 14.6. The van der Waals surface area contributed by atoms with E-state index in [9.17, 15) is 4.79 Å². The van der Waals surface area contributed by atoms with Crippen LogP contribution in [0.3, 0.4) is 0 Å². The Kier molecular flexibility index (Phi) is 4.32. The summed E-state index contributed by atoms with van der Waals surface area (Å²) in [5.74, 6) is 0.0515. The molecule has 0 unspecified atom stereocenters. The molecule has 3 aromatic rings. The van der Waals surface area contributed by atoms with Crippen molar-refractivity contribution in [3.63, 3.8) is 0 Å². The quantitative estimate of drug-likeness (QED) is 0.671. The number of carbonyl (C=O) groups excluding carboxylic acids is 1. The van der Waals surface area contributed by atoms with E-state index in [1.165, 1.54) is 0 Å². The summed E-state index contributed by atoms with van der Waals surface area (Å²) < 4.78 is 2.08. The van der Waals surface area contributed by atoms with Gasteiger partial charge in [-0.05, 0) is 51.1 Å². The third-order valence-corrected chi connectivity index (χ3v) is 4.81. The fraction of sp³-hybridized carbons (Fsp3) is 0.211. The number of aryl methyl sites for hydroxylation is 1. The van der Waals surface area contributed by atoms with Crippen molar-refractivity contribution in [2.75, 3.05) is 0 Å². The molecule has 2 aromatic heterocycles. The average Bonchev–Trinajstić information content (AvgIpc) is 3.11. The molecule has 4 nitrogen and oxygen atoms in total. The van der Waals surface area contributed by atoms with Gasteiger partial charge in [-0.2, -0.15) is 5.26 Å². The minimum Gasteiger partial charge on any atom is -0.317 e. The number of thiazole rings is 1. The van der Waals surface area contributed by atoms with E-state index in [0.717, 1.165) is 33.3 Å². The van der Waals surface area contributed by atoms with E-state index >= 15 is 0 Å². The van der Waals surface area contributed by atoms with Crippen LogP contribution in [0.25, 0.3) is 5.69 Å². The summed E-state index contributed by atoms with van der Waals surface area (Å²) >= 11 is 1.62. The fourth-order valence-electron chi connectivity index (χ4n) is 2.88. The first-order chi connectivity index (χ1) is 11.5. The van der Waals surface area contributed by atoms with Crippen molar-refractivity contribution >= 4 is 17.1 Å². The predicted molar refractivity (Wildman–Crippen MR) is 94.9 cm³/mol. The van der Waals surface area contributed by atoms with E-state index in [0.29, 0.717) is 12.0 Å². The average molecular weight is 335 g/mol. The van der Waals surface area contributed by atoms with Gasteiger partial charge in [0.25, 0.3) is 0 Å². The summed E-state index contributed by atoms with van der Waals surface area (Å²) in [6.07, 6.45) is 0.665. The van der Waals surface area contributed by atoms with Crippen LogP contribution in [0.15, 0.2) is 35.7 Å². The summed E-state index contributed by atoms with van der Waals surface area (Å²) in [6, 6.07) is 11.5. The molecule has 0 aliphatic heterocycles. The number of rotatable bonds is 4. The molecule has 24 heavy (non-hydrogen) atoms. The molecule has 0 aliphatic carbocycles. The fourth-order valence-corrected chi connectivity index (χ4v) is 3.49. The van der Waals surface area contributed by atoms with Gasteiger partial charge in [0.2, 0.25) is 0 Å². The zero-order chi connectivity index (χ0) is 17.3. The Morgan fingerprint density at radius 2 is 2.00 bits per heavy atom. The molecular weight excluding hydrogens is 318 g/mol. The molecule has 120 valence electrons. The summed E-state index contributed by atoms with van der Waals surface area (Å²) in [5, 5.41) is 12.1. The van der Waals surface area contributed by atoms with Crippen LogP contribution in [0.2, 0.25) is 0 Å². The second-order valence-corrected chi connectivity index (χ2v) is 6.78. The maximum Gasteiger partial charge on any atom is 0.161 e. The van der Waals surface area contributed by atoms with Gasteiger partial charge in [0.15, 0.2) is 5.78 Å². The summed E-state index contributed by atoms with van der Waals surface area (Å²) in [4.78, 5) is 16.5. The first-order valence-corrected chi connectivity index (χ1v) is 8.51. The van der Waals surface area contributed by atoms with Gasteiger partial charge in [-0.15, -0.1) is 11.3 Å². The lowest BCUT2D eigenvalue weighted by atomic mass is 10.1. The van der Waals surface area contributed by atoms with E-state index in [-0.39, 0.29) is 5.78 Å². The van der Waals surface area contributed by atoms with Crippen LogP contribution in [-0.4, -0.2) is 15.3 Å². The number of aromatic nitrogens is 2. The largest absolute Gasteiger partial charge is 0.317 e. The van der Waals surface area contributed by atoms with E-state index in [4.69, 9.17) is 5.26 Å². The van der Waals surface area contributed by atoms with Crippen molar-refractivity contribution in [3.05, 3.63) is 68.9 Å². The van der Waals surface area contributed by atoms with Crippen molar-refractivity contribution in [1.29, 1.82) is 5.26 Å². The Hall–Kier alpha value is -2.71. The van der Waals surface area contributed by atoms with Crippen molar-refractivity contribution in [2.24, 2.45) is 0 Å². The second kappa shape index (κ2) is 6.42. The first-order valence-electron chi connectivity index (χ1n) is 7.63. The third kappa shape index (κ3) is 3.01. The lowest BCUT2D eigenvalue weighted by molar-refractivity contribution is 0.101. The van der Waals surface area contributed by atoms with Gasteiger partial charge in [0.05, 0.1) is 22.3 Å². The van der Waals surface area contributed by atoms with Crippen molar-refractivity contribution in [1.82, 2.24) is 9.55 Å². The van der Waals surface area contributed by atoms with Gasteiger partial charge in [-0.25, -0.2) is 4.98 Å². The molecule has 0 spiro atoms. The molecule has 1 aromatic carbocycles. The lowest BCUT2D eigenvalue weighted by Gasteiger charge is -2.11. The smallest absolute Gasteiger partial charge is 0.161 e. The lowest BCUT2D eigenvalue weighted by Crippen LogP contribution is -2.04. The minimum absolute atomic E-state index is 0.0515. The monoisotopic (exact) mass is 335 g/mol. The zero-order valence-electron chi connectivity index (χ0n) is 13.8. The molecule has 5 heteroatoms. The standard InChI is InChI=1S/C19H17N3OS/c1-12-19(13(2)23)9-18(8-16-11-24-14(3)21-16)22(12)17-6-4-15(10-20)5-7-17/h4-7,9,11H,8H2,1-3H3. The van der Waals surface area contributed by atoms with E-state index in [2.05, 4.69) is 15.6 Å². The molecule has 0 fully saturated rings. The van der Waals surface area contributed by atoms with Gasteiger partial charge in [0.1, 0.15) is 0 Å². The third-order valence-electron chi connectivity index (χ3n) is 3.99. The maximum atomic E-state index is 12.0. The van der Waals surface area contributed by atoms with Crippen molar-refractivity contribution < 1.29 is 4.79 Å². The predicted octanol–water partition coefficient (Wildman–Crippen LogP) is 4.22. The number of benzene rings is 1. The van der Waals surface area contributed by atoms with Crippen LogP contribution in [-0.2, 0) is 6.42 Å². The van der Waals surface area contributed by atoms with E-state index in [1.54, 1.807) is 30.4 Å². The Morgan fingerprint density at radius 1 is 1.29 bits per heavy atom. The highest BCUT2D eigenvalue weighted by atomic mass is 32.1. The Bertz CT molecular complexity index is 942. The van der Waals surface area contributed by atoms with E-state index in [1.807, 2.05) is 37.4 Å². The Labute approximate surface area is 145 Å². The van der Waals surface area contributed by atoms with Crippen molar-refractivity contribution in [3.8, 4) is 11.8 Å². The highest BCUT2D eigenvalue weighted by Gasteiger charge is 2.17. The number of nitriles is 1. The molecule has 0 bridgehead atoms. The van der Waals surface area contributed by atoms with Crippen LogP contribution in [0.4, 0.5) is 0 Å². The molecule has 0 radical (unpaired) electrons. The molecular formula is C19H17N3OS. The SMILES string of the molecule is CC(=O)c1cc(Cc2csc(C)n2)n(-c2ccc(C#N)cc2)c1C. The molecule has 0 saturated carbocycles. The number of ketones is 1. The normalized spacial score (nSPS) is 10.6. The molecule has 0 amide bonds. The summed E-state index contributed by atoms with van der Waals surface area (Å²) in [7, 11) is 0. The second-order valence-electron chi connectivity index (χ2n) is 5.72. The Balaban J connectivity index is 2.11. The molecule has 0 atom stereocenters. The van der Waals surface area contributed by atoms with Gasteiger partial charge >= 0.3 is 0 Å². The van der Waals surface area contributed by atoms with Crippen LogP contribution in [0, 0.1) is 25.2 Å². The number of Topliss-reactive ketones (excluding diaryl/α,β-unsaturated/α-hetero) is 1. The van der Waals surface area contributed by atoms with Crippen LogP contribution in [0.1, 0.15) is 44.9 Å². The molecule has 0 aliphatic rings. The Morgan fingerprint density at radius 3 is 2.54 bits per heavy atom. The number of carbonyl (C=O) groups is 1. The summed E-state index contributed by atoms with van der Waals surface area (Å²) in [5.41, 5.74) is 5.22. The molecule has 0 saturated heterocycles. The molecule has 3 rings (SSSR count). The molecule has 2 heterocycles. The highest BCUT2D eigenvalue weighted by Crippen LogP contribution is 2.24. The van der Waals surface area contributed by atoms with Gasteiger partial charge < -0.3 is 4.57 Å². The first kappa shape index (κ1) is 16.2. The van der Waals surface area contributed by atoms with E-state index < -0.39 is 0 Å². The van der Waals surface area contributed by atoms with Gasteiger partial charge in [0, 0.05) is 34.4 Å². The topological polar surface area (TPSA) is 58.7 Å². The van der Waals surface area contributed by atoms with Crippen LogP contribution in [0.5, 0.6) is 0 Å². The minimum atomic E-state index is 0.0515. The maximum absolute atomic E-state index is 12.0. The van der Waals surface area contributed by atoms with Crippen LogP contribution < -0.4 is 0 Å². The highest BCUT2D eigenvalue weighted by molar-refractivity contribution is 7.09. The van der Waals surface area contributed by atoms with Crippen molar-refractivity contribution in [2.45, 2.75) is 27.2 Å². The number of hydrogen-bond acceptors (Lipinski definition) is 4. The van der Waals surface area contributed by atoms with Crippen LogP contribution >= 0.6 is 11.3 Å². The summed E-state index contributed by atoms with van der Waals surface area (Å²) in [6.45, 7) is 5.52. The van der Waals surface area contributed by atoms with Gasteiger partial charge in [-0.3, -0.25) is 4.79 Å².